The maximum absolute atomic E-state index is 4.20. The first kappa shape index (κ1) is 5.23. The summed E-state index contributed by atoms with van der Waals surface area (Å²) in [6, 6.07) is 0. The summed E-state index contributed by atoms with van der Waals surface area (Å²) in [4.78, 5) is 0. The molecule has 0 radical (unpaired) electrons. The minimum absolute atomic E-state index is 0.527. The maximum Gasteiger partial charge on any atom is 0.101 e. The molecular formula is C6H11N3. The SMILES string of the molecule is C1=NN2CCCNC2C1. The number of hydrazone groups is 1. The van der Waals surface area contributed by atoms with Gasteiger partial charge in [-0.3, -0.25) is 10.3 Å². The van der Waals surface area contributed by atoms with Gasteiger partial charge in [0.1, 0.15) is 6.17 Å². The first-order chi connectivity index (χ1) is 4.47. The lowest BCUT2D eigenvalue weighted by atomic mass is 10.2. The molecule has 3 nitrogen and oxygen atoms in total. The fraction of sp³-hybridized carbons (Fsp3) is 0.833. The summed E-state index contributed by atoms with van der Waals surface area (Å²) in [5.74, 6) is 0. The summed E-state index contributed by atoms with van der Waals surface area (Å²) in [6.07, 6.45) is 4.83. The van der Waals surface area contributed by atoms with Crippen LogP contribution >= 0.6 is 0 Å². The summed E-state index contributed by atoms with van der Waals surface area (Å²) >= 11 is 0. The van der Waals surface area contributed by atoms with Gasteiger partial charge in [0.2, 0.25) is 0 Å². The number of rotatable bonds is 0. The van der Waals surface area contributed by atoms with Crippen LogP contribution in [0.1, 0.15) is 12.8 Å². The number of fused-ring (bicyclic) bond motifs is 1. The van der Waals surface area contributed by atoms with Gasteiger partial charge in [0.05, 0.1) is 0 Å². The van der Waals surface area contributed by atoms with Gasteiger partial charge in [-0.15, -0.1) is 0 Å². The lowest BCUT2D eigenvalue weighted by Crippen LogP contribution is -2.46. The molecule has 0 spiro atoms. The zero-order valence-corrected chi connectivity index (χ0v) is 5.38. The van der Waals surface area contributed by atoms with E-state index in [0.717, 1.165) is 19.5 Å². The molecule has 0 bridgehead atoms. The molecule has 2 rings (SSSR count). The normalized spacial score (nSPS) is 32.9. The van der Waals surface area contributed by atoms with Crippen LogP contribution in [0.25, 0.3) is 0 Å². The molecule has 1 N–H and O–H groups in total. The van der Waals surface area contributed by atoms with E-state index in [2.05, 4.69) is 15.4 Å². The zero-order chi connectivity index (χ0) is 6.10. The molecule has 0 amide bonds. The third kappa shape index (κ3) is 0.812. The van der Waals surface area contributed by atoms with Gasteiger partial charge in [0, 0.05) is 19.2 Å². The van der Waals surface area contributed by atoms with Crippen LogP contribution in [-0.4, -0.2) is 30.5 Å². The average Bonchev–Trinajstić information content (AvgIpc) is 2.33. The predicted molar refractivity (Wildman–Crippen MR) is 36.2 cm³/mol. The van der Waals surface area contributed by atoms with Gasteiger partial charge in [-0.1, -0.05) is 0 Å². The van der Waals surface area contributed by atoms with E-state index >= 15 is 0 Å². The number of nitrogens with one attached hydrogen (secondary N) is 1. The van der Waals surface area contributed by atoms with Crippen molar-refractivity contribution in [3.8, 4) is 0 Å². The molecule has 1 atom stereocenters. The summed E-state index contributed by atoms with van der Waals surface area (Å²) < 4.78 is 0. The van der Waals surface area contributed by atoms with Gasteiger partial charge >= 0.3 is 0 Å². The second-order valence-corrected chi connectivity index (χ2v) is 2.52. The molecule has 1 fully saturated rings. The van der Waals surface area contributed by atoms with Crippen LogP contribution in [-0.2, 0) is 0 Å². The molecule has 9 heavy (non-hydrogen) atoms. The van der Waals surface area contributed by atoms with Crippen molar-refractivity contribution in [1.29, 1.82) is 0 Å². The van der Waals surface area contributed by atoms with Crippen LogP contribution < -0.4 is 5.32 Å². The molecule has 0 aromatic heterocycles. The number of hydrogen-bond donors (Lipinski definition) is 1. The largest absolute Gasteiger partial charge is 0.296 e. The van der Waals surface area contributed by atoms with Gasteiger partial charge in [0.25, 0.3) is 0 Å². The monoisotopic (exact) mass is 125 g/mol. The highest BCUT2D eigenvalue weighted by atomic mass is 15.5. The molecule has 1 unspecified atom stereocenters. The predicted octanol–water partition coefficient (Wildman–Crippen LogP) is -0.00270. The highest BCUT2D eigenvalue weighted by Gasteiger charge is 2.22. The molecule has 2 heterocycles. The minimum atomic E-state index is 0.527. The average molecular weight is 125 g/mol. The Balaban J connectivity index is 2.03. The Morgan fingerprint density at radius 1 is 1.67 bits per heavy atom. The molecular weight excluding hydrogens is 114 g/mol. The van der Waals surface area contributed by atoms with E-state index in [9.17, 15) is 0 Å². The van der Waals surface area contributed by atoms with E-state index in [0.29, 0.717) is 6.17 Å². The van der Waals surface area contributed by atoms with Crippen molar-refractivity contribution in [2.24, 2.45) is 5.10 Å². The van der Waals surface area contributed by atoms with E-state index in [4.69, 9.17) is 0 Å². The lowest BCUT2D eigenvalue weighted by molar-refractivity contribution is 0.160. The van der Waals surface area contributed by atoms with E-state index in [1.54, 1.807) is 0 Å². The Morgan fingerprint density at radius 3 is 3.56 bits per heavy atom. The van der Waals surface area contributed by atoms with Crippen molar-refractivity contribution in [3.05, 3.63) is 0 Å². The molecule has 50 valence electrons. The minimum Gasteiger partial charge on any atom is -0.296 e. The van der Waals surface area contributed by atoms with Gasteiger partial charge in [0.15, 0.2) is 0 Å². The second kappa shape index (κ2) is 1.99. The Hall–Kier alpha value is -0.570. The van der Waals surface area contributed by atoms with E-state index in [1.807, 2.05) is 6.21 Å². The van der Waals surface area contributed by atoms with Crippen LogP contribution in [0.3, 0.4) is 0 Å². The Kier molecular flexibility index (Phi) is 1.16. The first-order valence-electron chi connectivity index (χ1n) is 3.49. The molecule has 0 aromatic rings. The van der Waals surface area contributed by atoms with Crippen LogP contribution in [0.2, 0.25) is 0 Å². The van der Waals surface area contributed by atoms with E-state index in [1.165, 1.54) is 6.42 Å². The fourth-order valence-electron chi connectivity index (χ4n) is 1.37. The highest BCUT2D eigenvalue weighted by molar-refractivity contribution is 5.59. The Bertz CT molecular complexity index is 132. The maximum atomic E-state index is 4.20. The van der Waals surface area contributed by atoms with Gasteiger partial charge < -0.3 is 0 Å². The van der Waals surface area contributed by atoms with Crippen LogP contribution in [0, 0.1) is 0 Å². The summed E-state index contributed by atoms with van der Waals surface area (Å²) in [5, 5.41) is 9.71. The second-order valence-electron chi connectivity index (χ2n) is 2.52. The Morgan fingerprint density at radius 2 is 2.67 bits per heavy atom. The van der Waals surface area contributed by atoms with Crippen molar-refractivity contribution in [2.45, 2.75) is 19.0 Å². The van der Waals surface area contributed by atoms with Gasteiger partial charge in [-0.05, 0) is 13.0 Å². The van der Waals surface area contributed by atoms with Crippen molar-refractivity contribution < 1.29 is 0 Å². The van der Waals surface area contributed by atoms with Crippen molar-refractivity contribution in [3.63, 3.8) is 0 Å². The zero-order valence-electron chi connectivity index (χ0n) is 5.38. The van der Waals surface area contributed by atoms with Gasteiger partial charge in [-0.25, -0.2) is 0 Å². The van der Waals surface area contributed by atoms with Crippen molar-refractivity contribution in [2.75, 3.05) is 13.1 Å². The molecule has 3 heteroatoms. The highest BCUT2D eigenvalue weighted by Crippen LogP contribution is 2.11. The van der Waals surface area contributed by atoms with E-state index < -0.39 is 0 Å². The first-order valence-corrected chi connectivity index (χ1v) is 3.49. The quantitative estimate of drug-likeness (QED) is 0.493. The number of nitrogens with zero attached hydrogens (tertiary/aromatic N) is 2. The molecule has 2 aliphatic heterocycles. The lowest BCUT2D eigenvalue weighted by Gasteiger charge is -2.29. The van der Waals surface area contributed by atoms with Crippen molar-refractivity contribution in [1.82, 2.24) is 10.3 Å². The van der Waals surface area contributed by atoms with Gasteiger partial charge in [-0.2, -0.15) is 5.10 Å². The Labute approximate surface area is 54.7 Å². The van der Waals surface area contributed by atoms with Crippen molar-refractivity contribution >= 4 is 6.21 Å². The molecule has 0 aliphatic carbocycles. The van der Waals surface area contributed by atoms with E-state index in [-0.39, 0.29) is 0 Å². The summed E-state index contributed by atoms with van der Waals surface area (Å²) in [5.41, 5.74) is 0. The summed E-state index contributed by atoms with van der Waals surface area (Å²) in [6.45, 7) is 2.29. The molecule has 0 aromatic carbocycles. The van der Waals surface area contributed by atoms with Crippen LogP contribution in [0.5, 0.6) is 0 Å². The molecule has 1 saturated heterocycles. The van der Waals surface area contributed by atoms with Crippen LogP contribution in [0.4, 0.5) is 0 Å². The summed E-state index contributed by atoms with van der Waals surface area (Å²) in [7, 11) is 0. The smallest absolute Gasteiger partial charge is 0.101 e. The fourth-order valence-corrected chi connectivity index (χ4v) is 1.37. The number of hydrogen-bond acceptors (Lipinski definition) is 3. The third-order valence-electron chi connectivity index (χ3n) is 1.86. The molecule has 0 saturated carbocycles. The molecule has 2 aliphatic rings. The topological polar surface area (TPSA) is 27.6 Å². The standard InChI is InChI=1S/C6H11N3/c1-3-7-6-2-4-8-9(6)5-1/h4,6-7H,1-3,5H2. The third-order valence-corrected chi connectivity index (χ3v) is 1.86. The van der Waals surface area contributed by atoms with Crippen LogP contribution in [0.15, 0.2) is 5.10 Å².